The summed E-state index contributed by atoms with van der Waals surface area (Å²) in [5.41, 5.74) is 0.758. The molecule has 0 fully saturated rings. The van der Waals surface area contributed by atoms with Crippen molar-refractivity contribution in [3.63, 3.8) is 0 Å². The maximum atomic E-state index is 11.3. The van der Waals surface area contributed by atoms with Gasteiger partial charge in [0, 0.05) is 16.6 Å². The summed E-state index contributed by atoms with van der Waals surface area (Å²) >= 11 is 12.1. The van der Waals surface area contributed by atoms with Gasteiger partial charge in [-0.15, -0.1) is 0 Å². The molecule has 1 aromatic heterocycles. The van der Waals surface area contributed by atoms with Gasteiger partial charge in [0.05, 0.1) is 10.5 Å². The molecule has 0 amide bonds. The van der Waals surface area contributed by atoms with E-state index in [4.69, 9.17) is 23.2 Å². The van der Waals surface area contributed by atoms with Gasteiger partial charge < -0.3 is 9.67 Å². The van der Waals surface area contributed by atoms with Gasteiger partial charge in [-0.05, 0) is 24.6 Å². The second-order valence-electron chi connectivity index (χ2n) is 4.19. The second-order valence-corrected chi connectivity index (χ2v) is 5.03. The van der Waals surface area contributed by atoms with Gasteiger partial charge in [0.1, 0.15) is 6.04 Å². The number of halogens is 2. The monoisotopic (exact) mass is 285 g/mol. The predicted octanol–water partition coefficient (Wildman–Crippen LogP) is 4.37. The van der Waals surface area contributed by atoms with Crippen molar-refractivity contribution in [2.45, 2.75) is 25.8 Å². The first-order chi connectivity index (χ1) is 8.54. The molecule has 18 heavy (non-hydrogen) atoms. The molecule has 0 saturated heterocycles. The Morgan fingerprint density at radius 2 is 2.17 bits per heavy atom. The number of hydrogen-bond acceptors (Lipinski definition) is 1. The quantitative estimate of drug-likeness (QED) is 0.906. The van der Waals surface area contributed by atoms with Crippen molar-refractivity contribution in [3.05, 3.63) is 34.4 Å². The van der Waals surface area contributed by atoms with Gasteiger partial charge in [-0.2, -0.15) is 0 Å². The number of carbonyl (C=O) groups is 1. The highest BCUT2D eigenvalue weighted by Gasteiger charge is 2.20. The van der Waals surface area contributed by atoms with Crippen LogP contribution in [0.15, 0.2) is 24.4 Å². The van der Waals surface area contributed by atoms with E-state index in [1.807, 2.05) is 13.0 Å². The number of benzene rings is 1. The third kappa shape index (κ3) is 2.33. The topological polar surface area (TPSA) is 42.2 Å². The molecule has 96 valence electrons. The average molecular weight is 286 g/mol. The summed E-state index contributed by atoms with van der Waals surface area (Å²) in [6.07, 6.45) is 3.12. The van der Waals surface area contributed by atoms with E-state index in [2.05, 4.69) is 0 Å². The molecule has 0 radical (unpaired) electrons. The number of rotatable bonds is 4. The highest BCUT2D eigenvalue weighted by molar-refractivity contribution is 6.38. The molecule has 0 bridgehead atoms. The zero-order chi connectivity index (χ0) is 13.3. The molecule has 0 saturated carbocycles. The number of carboxylic acids is 1. The summed E-state index contributed by atoms with van der Waals surface area (Å²) < 4.78 is 1.72. The van der Waals surface area contributed by atoms with Crippen molar-refractivity contribution in [3.8, 4) is 0 Å². The fourth-order valence-electron chi connectivity index (χ4n) is 2.11. The lowest BCUT2D eigenvalue weighted by Gasteiger charge is -2.15. The fourth-order valence-corrected chi connectivity index (χ4v) is 2.66. The SMILES string of the molecule is CCCC(C(=O)O)n1ccc2c(Cl)cc(Cl)cc21. The number of carboxylic acid groups (broad SMARTS) is 1. The molecule has 3 nitrogen and oxygen atoms in total. The number of aliphatic carboxylic acids is 1. The average Bonchev–Trinajstić information content (AvgIpc) is 2.69. The Morgan fingerprint density at radius 3 is 2.78 bits per heavy atom. The Morgan fingerprint density at radius 1 is 1.44 bits per heavy atom. The summed E-state index contributed by atoms with van der Waals surface area (Å²) in [6, 6.07) is 4.64. The van der Waals surface area contributed by atoms with Crippen LogP contribution in [0, 0.1) is 0 Å². The Kier molecular flexibility index (Phi) is 3.83. The van der Waals surface area contributed by atoms with Crippen LogP contribution in [0.25, 0.3) is 10.9 Å². The van der Waals surface area contributed by atoms with Crippen molar-refractivity contribution >= 4 is 40.1 Å². The summed E-state index contributed by atoms with van der Waals surface area (Å²) in [4.78, 5) is 11.3. The Balaban J connectivity index is 2.60. The lowest BCUT2D eigenvalue weighted by atomic mass is 10.1. The summed E-state index contributed by atoms with van der Waals surface area (Å²) in [7, 11) is 0. The number of aromatic nitrogens is 1. The van der Waals surface area contributed by atoms with Crippen LogP contribution in [0.3, 0.4) is 0 Å². The number of fused-ring (bicyclic) bond motifs is 1. The molecular formula is C13H13Cl2NO2. The third-order valence-electron chi connectivity index (χ3n) is 2.94. The molecule has 0 aliphatic heterocycles. The van der Waals surface area contributed by atoms with Crippen molar-refractivity contribution in [2.24, 2.45) is 0 Å². The number of hydrogen-bond donors (Lipinski definition) is 1. The van der Waals surface area contributed by atoms with E-state index >= 15 is 0 Å². The van der Waals surface area contributed by atoms with Crippen LogP contribution in [0.4, 0.5) is 0 Å². The molecular weight excluding hydrogens is 273 g/mol. The van der Waals surface area contributed by atoms with Gasteiger partial charge in [0.15, 0.2) is 0 Å². The lowest BCUT2D eigenvalue weighted by molar-refractivity contribution is -0.141. The van der Waals surface area contributed by atoms with Crippen molar-refractivity contribution in [2.75, 3.05) is 0 Å². The molecule has 1 N–H and O–H groups in total. The van der Waals surface area contributed by atoms with Crippen molar-refractivity contribution < 1.29 is 9.90 Å². The minimum Gasteiger partial charge on any atom is -0.480 e. The highest BCUT2D eigenvalue weighted by Crippen LogP contribution is 2.31. The maximum Gasteiger partial charge on any atom is 0.326 e. The van der Waals surface area contributed by atoms with Crippen LogP contribution in [0.1, 0.15) is 25.8 Å². The standard InChI is InChI=1S/C13H13Cl2NO2/c1-2-3-11(13(17)18)16-5-4-9-10(15)6-8(14)7-12(9)16/h4-7,11H,2-3H2,1H3,(H,17,18). The highest BCUT2D eigenvalue weighted by atomic mass is 35.5. The Bertz CT molecular complexity index is 592. The molecule has 1 unspecified atom stereocenters. The third-order valence-corrected chi connectivity index (χ3v) is 3.47. The largest absolute Gasteiger partial charge is 0.480 e. The first-order valence-corrected chi connectivity index (χ1v) is 6.48. The first-order valence-electron chi connectivity index (χ1n) is 5.73. The van der Waals surface area contributed by atoms with E-state index in [1.54, 1.807) is 22.9 Å². The smallest absolute Gasteiger partial charge is 0.326 e. The molecule has 2 aromatic rings. The van der Waals surface area contributed by atoms with E-state index in [0.717, 1.165) is 17.3 Å². The summed E-state index contributed by atoms with van der Waals surface area (Å²) in [6.45, 7) is 1.96. The van der Waals surface area contributed by atoms with Crippen LogP contribution < -0.4 is 0 Å². The second kappa shape index (κ2) is 5.21. The zero-order valence-corrected chi connectivity index (χ0v) is 11.4. The van der Waals surface area contributed by atoms with Crippen LogP contribution in [-0.2, 0) is 4.79 Å². The van der Waals surface area contributed by atoms with E-state index in [-0.39, 0.29) is 0 Å². The maximum absolute atomic E-state index is 11.3. The minimum atomic E-state index is -0.842. The molecule has 1 atom stereocenters. The van der Waals surface area contributed by atoms with Crippen LogP contribution in [0.5, 0.6) is 0 Å². The van der Waals surface area contributed by atoms with E-state index in [0.29, 0.717) is 16.5 Å². The summed E-state index contributed by atoms with van der Waals surface area (Å²) in [5, 5.41) is 11.2. The Labute approximate surface area is 115 Å². The van der Waals surface area contributed by atoms with Gasteiger partial charge >= 0.3 is 5.97 Å². The Hall–Kier alpha value is -1.19. The molecule has 0 spiro atoms. The lowest BCUT2D eigenvalue weighted by Crippen LogP contribution is -2.18. The molecule has 0 aliphatic rings. The van der Waals surface area contributed by atoms with E-state index in [9.17, 15) is 9.90 Å². The van der Waals surface area contributed by atoms with Crippen LogP contribution in [0.2, 0.25) is 10.0 Å². The van der Waals surface area contributed by atoms with E-state index in [1.165, 1.54) is 0 Å². The molecule has 1 heterocycles. The van der Waals surface area contributed by atoms with E-state index < -0.39 is 12.0 Å². The summed E-state index contributed by atoms with van der Waals surface area (Å²) in [5.74, 6) is -0.842. The van der Waals surface area contributed by atoms with Crippen molar-refractivity contribution in [1.82, 2.24) is 4.57 Å². The van der Waals surface area contributed by atoms with Crippen LogP contribution >= 0.6 is 23.2 Å². The van der Waals surface area contributed by atoms with Gasteiger partial charge in [0.25, 0.3) is 0 Å². The molecule has 2 rings (SSSR count). The normalized spacial score (nSPS) is 12.8. The predicted molar refractivity (Wildman–Crippen MR) is 73.5 cm³/mol. The first kappa shape index (κ1) is 13.2. The van der Waals surface area contributed by atoms with Gasteiger partial charge in [-0.1, -0.05) is 36.5 Å². The zero-order valence-electron chi connectivity index (χ0n) is 9.86. The van der Waals surface area contributed by atoms with Crippen molar-refractivity contribution in [1.29, 1.82) is 0 Å². The molecule has 1 aromatic carbocycles. The molecule has 5 heteroatoms. The molecule has 0 aliphatic carbocycles. The van der Waals surface area contributed by atoms with Crippen LogP contribution in [-0.4, -0.2) is 15.6 Å². The number of nitrogens with zero attached hydrogens (tertiary/aromatic N) is 1. The van der Waals surface area contributed by atoms with Gasteiger partial charge in [-0.25, -0.2) is 4.79 Å². The van der Waals surface area contributed by atoms with Gasteiger partial charge in [-0.3, -0.25) is 0 Å². The minimum absolute atomic E-state index is 0.507. The van der Waals surface area contributed by atoms with Gasteiger partial charge in [0.2, 0.25) is 0 Å². The fraction of sp³-hybridized carbons (Fsp3) is 0.308.